The van der Waals surface area contributed by atoms with E-state index in [9.17, 15) is 0 Å². The van der Waals surface area contributed by atoms with Crippen molar-refractivity contribution < 1.29 is 0 Å². The van der Waals surface area contributed by atoms with Gasteiger partial charge in [-0.1, -0.05) is 18.2 Å². The first-order chi connectivity index (χ1) is 7.36. The number of allylic oxidation sites excluding steroid dienone is 2. The second-order valence-corrected chi connectivity index (χ2v) is 3.99. The molecule has 0 atom stereocenters. The molecule has 0 spiro atoms. The Bertz CT molecular complexity index is 518. The summed E-state index contributed by atoms with van der Waals surface area (Å²) in [7, 11) is 0. The van der Waals surface area contributed by atoms with Gasteiger partial charge in [0.1, 0.15) is 0 Å². The average molecular weight is 195 g/mol. The number of fused-ring (bicyclic) bond motifs is 1. The monoisotopic (exact) mass is 195 g/mol. The zero-order chi connectivity index (χ0) is 10.3. The van der Waals surface area contributed by atoms with Crippen molar-refractivity contribution in [1.82, 2.24) is 4.57 Å². The predicted octanol–water partition coefficient (Wildman–Crippen LogP) is 3.44. The van der Waals surface area contributed by atoms with E-state index in [2.05, 4.69) is 60.3 Å². The van der Waals surface area contributed by atoms with E-state index in [1.54, 1.807) is 0 Å². The topological polar surface area (TPSA) is 4.93 Å². The molecular formula is C14H13N. The molecule has 1 aromatic carbocycles. The van der Waals surface area contributed by atoms with Crippen LogP contribution >= 0.6 is 0 Å². The lowest BCUT2D eigenvalue weighted by Crippen LogP contribution is -1.96. The highest BCUT2D eigenvalue weighted by Gasteiger charge is 2.14. The van der Waals surface area contributed by atoms with Gasteiger partial charge in [-0.2, -0.15) is 0 Å². The van der Waals surface area contributed by atoms with E-state index in [4.69, 9.17) is 0 Å². The van der Waals surface area contributed by atoms with Crippen molar-refractivity contribution in [3.63, 3.8) is 0 Å². The van der Waals surface area contributed by atoms with Crippen molar-refractivity contribution in [1.29, 1.82) is 0 Å². The molecule has 0 radical (unpaired) electrons. The highest BCUT2D eigenvalue weighted by Crippen LogP contribution is 2.32. The molecule has 0 saturated carbocycles. The number of nitrogens with zero attached hydrogens (tertiary/aromatic N) is 1. The summed E-state index contributed by atoms with van der Waals surface area (Å²) in [6.07, 6.45) is 7.58. The number of hydrogen-bond acceptors (Lipinski definition) is 0. The predicted molar refractivity (Wildman–Crippen MR) is 63.1 cm³/mol. The molecule has 74 valence electrons. The molecule has 0 saturated heterocycles. The van der Waals surface area contributed by atoms with E-state index in [1.165, 1.54) is 22.4 Å². The van der Waals surface area contributed by atoms with Crippen LogP contribution in [-0.4, -0.2) is 4.57 Å². The summed E-state index contributed by atoms with van der Waals surface area (Å²) in [5.74, 6) is 0. The average Bonchev–Trinajstić information content (AvgIpc) is 2.88. The van der Waals surface area contributed by atoms with Gasteiger partial charge in [0.15, 0.2) is 0 Å². The Balaban J connectivity index is 2.26. The van der Waals surface area contributed by atoms with Gasteiger partial charge in [0.2, 0.25) is 0 Å². The molecule has 1 heteroatoms. The van der Waals surface area contributed by atoms with Crippen LogP contribution in [0.3, 0.4) is 0 Å². The van der Waals surface area contributed by atoms with Gasteiger partial charge in [-0.05, 0) is 42.7 Å². The summed E-state index contributed by atoms with van der Waals surface area (Å²) in [6.45, 7) is 2.19. The number of benzene rings is 1. The first-order valence-corrected chi connectivity index (χ1v) is 5.28. The standard InChI is InChI=1S/C14H13N/c1-11-7-8-12-5-4-6-13(14(11)12)15-9-2-3-10-15/h2-7,9-10H,8H2,1H3. The quantitative estimate of drug-likeness (QED) is 0.657. The number of aromatic nitrogens is 1. The molecule has 1 aliphatic carbocycles. The molecule has 1 aliphatic rings. The molecule has 3 rings (SSSR count). The summed E-state index contributed by atoms with van der Waals surface area (Å²) in [6, 6.07) is 10.7. The SMILES string of the molecule is CC1=CCc2cccc(-n3cccc3)c21. The fourth-order valence-electron chi connectivity index (χ4n) is 2.29. The van der Waals surface area contributed by atoms with E-state index in [-0.39, 0.29) is 0 Å². The number of rotatable bonds is 1. The van der Waals surface area contributed by atoms with Crippen molar-refractivity contribution in [3.05, 3.63) is 59.9 Å². The molecule has 2 aromatic rings. The zero-order valence-electron chi connectivity index (χ0n) is 8.77. The summed E-state index contributed by atoms with van der Waals surface area (Å²) in [5.41, 5.74) is 5.55. The van der Waals surface area contributed by atoms with Crippen molar-refractivity contribution in [3.8, 4) is 5.69 Å². The first-order valence-electron chi connectivity index (χ1n) is 5.28. The summed E-state index contributed by atoms with van der Waals surface area (Å²) < 4.78 is 2.18. The Kier molecular flexibility index (Phi) is 1.78. The van der Waals surface area contributed by atoms with E-state index >= 15 is 0 Å². The molecule has 0 N–H and O–H groups in total. The van der Waals surface area contributed by atoms with Crippen LogP contribution in [-0.2, 0) is 6.42 Å². The fourth-order valence-corrected chi connectivity index (χ4v) is 2.29. The van der Waals surface area contributed by atoms with Crippen LogP contribution in [0.25, 0.3) is 11.3 Å². The Morgan fingerprint density at radius 1 is 1.07 bits per heavy atom. The van der Waals surface area contributed by atoms with E-state index in [1.807, 2.05) is 0 Å². The molecule has 0 unspecified atom stereocenters. The van der Waals surface area contributed by atoms with Crippen LogP contribution in [0, 0.1) is 0 Å². The third-order valence-electron chi connectivity index (χ3n) is 3.03. The van der Waals surface area contributed by atoms with Crippen LogP contribution in [0.15, 0.2) is 48.8 Å². The van der Waals surface area contributed by atoms with Crippen LogP contribution in [0.1, 0.15) is 18.1 Å². The molecule has 15 heavy (non-hydrogen) atoms. The lowest BCUT2D eigenvalue weighted by Gasteiger charge is -2.10. The molecular weight excluding hydrogens is 182 g/mol. The fraction of sp³-hybridized carbons (Fsp3) is 0.143. The van der Waals surface area contributed by atoms with Crippen molar-refractivity contribution >= 4 is 5.57 Å². The van der Waals surface area contributed by atoms with Crippen molar-refractivity contribution in [2.75, 3.05) is 0 Å². The van der Waals surface area contributed by atoms with Crippen LogP contribution in [0.2, 0.25) is 0 Å². The summed E-state index contributed by atoms with van der Waals surface area (Å²) >= 11 is 0. The highest BCUT2D eigenvalue weighted by molar-refractivity contribution is 5.77. The van der Waals surface area contributed by atoms with Crippen molar-refractivity contribution in [2.24, 2.45) is 0 Å². The van der Waals surface area contributed by atoms with Gasteiger partial charge < -0.3 is 4.57 Å². The first kappa shape index (κ1) is 8.54. The summed E-state index contributed by atoms with van der Waals surface area (Å²) in [4.78, 5) is 0. The van der Waals surface area contributed by atoms with Gasteiger partial charge >= 0.3 is 0 Å². The second kappa shape index (κ2) is 3.13. The van der Waals surface area contributed by atoms with E-state index in [0.29, 0.717) is 0 Å². The van der Waals surface area contributed by atoms with Gasteiger partial charge in [-0.25, -0.2) is 0 Å². The molecule has 1 nitrogen and oxygen atoms in total. The van der Waals surface area contributed by atoms with Gasteiger partial charge in [0.05, 0.1) is 5.69 Å². The Morgan fingerprint density at radius 2 is 1.87 bits per heavy atom. The number of hydrogen-bond donors (Lipinski definition) is 0. The van der Waals surface area contributed by atoms with Gasteiger partial charge in [0.25, 0.3) is 0 Å². The molecule has 0 bridgehead atoms. The Hall–Kier alpha value is -1.76. The third-order valence-corrected chi connectivity index (χ3v) is 3.03. The van der Waals surface area contributed by atoms with E-state index in [0.717, 1.165) is 6.42 Å². The maximum Gasteiger partial charge on any atom is 0.0527 e. The minimum absolute atomic E-state index is 1.08. The second-order valence-electron chi connectivity index (χ2n) is 3.99. The van der Waals surface area contributed by atoms with Crippen molar-refractivity contribution in [2.45, 2.75) is 13.3 Å². The molecule has 0 amide bonds. The smallest absolute Gasteiger partial charge is 0.0527 e. The lowest BCUT2D eigenvalue weighted by molar-refractivity contribution is 1.07. The zero-order valence-corrected chi connectivity index (χ0v) is 8.77. The van der Waals surface area contributed by atoms with Crippen LogP contribution in [0.5, 0.6) is 0 Å². The largest absolute Gasteiger partial charge is 0.323 e. The van der Waals surface area contributed by atoms with Gasteiger partial charge in [-0.15, -0.1) is 0 Å². The molecule has 1 heterocycles. The maximum atomic E-state index is 2.30. The summed E-state index contributed by atoms with van der Waals surface area (Å²) in [5, 5.41) is 0. The highest BCUT2D eigenvalue weighted by atomic mass is 14.9. The Morgan fingerprint density at radius 3 is 2.67 bits per heavy atom. The van der Waals surface area contributed by atoms with E-state index < -0.39 is 0 Å². The molecule has 0 aliphatic heterocycles. The Labute approximate surface area is 89.7 Å². The van der Waals surface area contributed by atoms with Gasteiger partial charge in [-0.3, -0.25) is 0 Å². The third kappa shape index (κ3) is 1.23. The van der Waals surface area contributed by atoms with Gasteiger partial charge in [0, 0.05) is 18.0 Å². The molecule has 0 fully saturated rings. The maximum absolute atomic E-state index is 2.30. The van der Waals surface area contributed by atoms with Crippen LogP contribution < -0.4 is 0 Å². The minimum atomic E-state index is 1.08. The lowest BCUT2D eigenvalue weighted by atomic mass is 10.0. The normalized spacial score (nSPS) is 13.8. The minimum Gasteiger partial charge on any atom is -0.323 e. The van der Waals surface area contributed by atoms with Crippen LogP contribution in [0.4, 0.5) is 0 Å². The molecule has 1 aromatic heterocycles.